The summed E-state index contributed by atoms with van der Waals surface area (Å²) in [4.78, 5) is 0. The second-order valence-electron chi connectivity index (χ2n) is 6.57. The molecular formula is C17H24ClN3. The van der Waals surface area contributed by atoms with Crippen molar-refractivity contribution in [2.24, 2.45) is 0 Å². The van der Waals surface area contributed by atoms with E-state index < -0.39 is 0 Å². The Balaban J connectivity index is 2.12. The van der Waals surface area contributed by atoms with Crippen LogP contribution in [0.3, 0.4) is 0 Å². The molecule has 0 bridgehead atoms. The molecule has 0 fully saturated rings. The molecule has 0 aliphatic rings. The first-order valence-electron chi connectivity index (χ1n) is 7.28. The lowest BCUT2D eigenvalue weighted by Gasteiger charge is -2.20. The van der Waals surface area contributed by atoms with Crippen LogP contribution in [-0.2, 0) is 13.1 Å². The van der Waals surface area contributed by atoms with E-state index in [0.29, 0.717) is 0 Å². The predicted octanol–water partition coefficient (Wildman–Crippen LogP) is 4.09. The third kappa shape index (κ3) is 4.32. The highest BCUT2D eigenvalue weighted by molar-refractivity contribution is 6.31. The molecule has 1 heterocycles. The molecule has 0 amide bonds. The van der Waals surface area contributed by atoms with Gasteiger partial charge < -0.3 is 5.32 Å². The Bertz CT molecular complexity index is 623. The van der Waals surface area contributed by atoms with Crippen LogP contribution in [0.5, 0.6) is 0 Å². The van der Waals surface area contributed by atoms with Crippen LogP contribution in [0.4, 0.5) is 0 Å². The molecule has 1 aromatic heterocycles. The van der Waals surface area contributed by atoms with E-state index in [0.717, 1.165) is 29.5 Å². The van der Waals surface area contributed by atoms with Crippen LogP contribution in [0, 0.1) is 13.8 Å². The standard InChI is InChI=1S/C17H24ClN3/c1-12-16(18)13(2)21(20-12)11-15-8-6-7-14(9-15)10-19-17(3,4)5/h6-9,19H,10-11H2,1-5H3. The summed E-state index contributed by atoms with van der Waals surface area (Å²) in [5, 5.41) is 8.76. The van der Waals surface area contributed by atoms with E-state index >= 15 is 0 Å². The smallest absolute Gasteiger partial charge is 0.0844 e. The Morgan fingerprint density at radius 3 is 2.43 bits per heavy atom. The van der Waals surface area contributed by atoms with Gasteiger partial charge >= 0.3 is 0 Å². The van der Waals surface area contributed by atoms with E-state index in [1.165, 1.54) is 11.1 Å². The molecular weight excluding hydrogens is 282 g/mol. The average Bonchev–Trinajstić information content (AvgIpc) is 2.64. The van der Waals surface area contributed by atoms with Crippen LogP contribution >= 0.6 is 11.6 Å². The number of aromatic nitrogens is 2. The van der Waals surface area contributed by atoms with Crippen molar-refractivity contribution in [1.82, 2.24) is 15.1 Å². The number of hydrogen-bond donors (Lipinski definition) is 1. The van der Waals surface area contributed by atoms with Gasteiger partial charge in [0.05, 0.1) is 23.0 Å². The number of rotatable bonds is 4. The highest BCUT2D eigenvalue weighted by Gasteiger charge is 2.11. The van der Waals surface area contributed by atoms with Crippen molar-refractivity contribution in [1.29, 1.82) is 0 Å². The van der Waals surface area contributed by atoms with Crippen molar-refractivity contribution in [3.63, 3.8) is 0 Å². The van der Waals surface area contributed by atoms with E-state index in [4.69, 9.17) is 11.6 Å². The maximum atomic E-state index is 6.20. The first-order chi connectivity index (χ1) is 9.76. The van der Waals surface area contributed by atoms with Gasteiger partial charge in [0.2, 0.25) is 0 Å². The molecule has 0 atom stereocenters. The van der Waals surface area contributed by atoms with Crippen LogP contribution < -0.4 is 5.32 Å². The highest BCUT2D eigenvalue weighted by atomic mass is 35.5. The summed E-state index contributed by atoms with van der Waals surface area (Å²) in [5.41, 5.74) is 4.56. The summed E-state index contributed by atoms with van der Waals surface area (Å²) in [6.07, 6.45) is 0. The third-order valence-electron chi connectivity index (χ3n) is 3.44. The maximum Gasteiger partial charge on any atom is 0.0844 e. The lowest BCUT2D eigenvalue weighted by molar-refractivity contribution is 0.424. The number of aryl methyl sites for hydroxylation is 1. The van der Waals surface area contributed by atoms with Crippen molar-refractivity contribution >= 4 is 11.6 Å². The summed E-state index contributed by atoms with van der Waals surface area (Å²) in [7, 11) is 0. The number of benzene rings is 1. The molecule has 0 aliphatic carbocycles. The third-order valence-corrected chi connectivity index (χ3v) is 3.99. The molecule has 0 unspecified atom stereocenters. The fraction of sp³-hybridized carbons (Fsp3) is 0.471. The van der Waals surface area contributed by atoms with E-state index in [1.54, 1.807) is 0 Å². The largest absolute Gasteiger partial charge is 0.308 e. The fourth-order valence-corrected chi connectivity index (χ4v) is 2.34. The fourth-order valence-electron chi connectivity index (χ4n) is 2.21. The van der Waals surface area contributed by atoms with Crippen LogP contribution in [0.25, 0.3) is 0 Å². The summed E-state index contributed by atoms with van der Waals surface area (Å²) in [6, 6.07) is 8.60. The second kappa shape index (κ2) is 6.20. The molecule has 4 heteroatoms. The Morgan fingerprint density at radius 2 is 1.86 bits per heavy atom. The molecule has 0 spiro atoms. The van der Waals surface area contributed by atoms with Crippen molar-refractivity contribution in [2.75, 3.05) is 0 Å². The van der Waals surface area contributed by atoms with Gasteiger partial charge in [0.1, 0.15) is 0 Å². The Hall–Kier alpha value is -1.32. The minimum absolute atomic E-state index is 0.124. The molecule has 21 heavy (non-hydrogen) atoms. The van der Waals surface area contributed by atoms with Gasteiger partial charge in [-0.05, 0) is 45.7 Å². The van der Waals surface area contributed by atoms with Gasteiger partial charge in [0, 0.05) is 12.1 Å². The average molecular weight is 306 g/mol. The summed E-state index contributed by atoms with van der Waals surface area (Å²) in [5.74, 6) is 0. The lowest BCUT2D eigenvalue weighted by atomic mass is 10.1. The Kier molecular flexibility index (Phi) is 4.74. The SMILES string of the molecule is Cc1nn(Cc2cccc(CNC(C)(C)C)c2)c(C)c1Cl. The van der Waals surface area contributed by atoms with E-state index in [9.17, 15) is 0 Å². The van der Waals surface area contributed by atoms with Gasteiger partial charge in [-0.1, -0.05) is 35.9 Å². The molecule has 0 saturated carbocycles. The first-order valence-corrected chi connectivity index (χ1v) is 7.66. The lowest BCUT2D eigenvalue weighted by Crippen LogP contribution is -2.35. The van der Waals surface area contributed by atoms with Gasteiger partial charge in [0.15, 0.2) is 0 Å². The summed E-state index contributed by atoms with van der Waals surface area (Å²) < 4.78 is 1.97. The van der Waals surface area contributed by atoms with E-state index in [-0.39, 0.29) is 5.54 Å². The molecule has 1 N–H and O–H groups in total. The van der Waals surface area contributed by atoms with Crippen molar-refractivity contribution < 1.29 is 0 Å². The van der Waals surface area contributed by atoms with Crippen LogP contribution in [-0.4, -0.2) is 15.3 Å². The minimum atomic E-state index is 0.124. The van der Waals surface area contributed by atoms with Gasteiger partial charge in [-0.15, -0.1) is 0 Å². The zero-order valence-electron chi connectivity index (χ0n) is 13.5. The molecule has 0 saturated heterocycles. The quantitative estimate of drug-likeness (QED) is 0.922. The van der Waals surface area contributed by atoms with Crippen molar-refractivity contribution in [3.8, 4) is 0 Å². The molecule has 0 aliphatic heterocycles. The summed E-state index contributed by atoms with van der Waals surface area (Å²) >= 11 is 6.20. The van der Waals surface area contributed by atoms with Crippen molar-refractivity contribution in [3.05, 3.63) is 51.8 Å². The van der Waals surface area contributed by atoms with Gasteiger partial charge in [-0.25, -0.2) is 0 Å². The normalized spacial score (nSPS) is 11.9. The number of nitrogens with zero attached hydrogens (tertiary/aromatic N) is 2. The highest BCUT2D eigenvalue weighted by Crippen LogP contribution is 2.20. The molecule has 2 aromatic rings. The number of halogens is 1. The van der Waals surface area contributed by atoms with Gasteiger partial charge in [-0.3, -0.25) is 4.68 Å². The maximum absolute atomic E-state index is 6.20. The van der Waals surface area contributed by atoms with Crippen LogP contribution in [0.1, 0.15) is 43.3 Å². The van der Waals surface area contributed by atoms with E-state index in [2.05, 4.69) is 55.5 Å². The number of hydrogen-bond acceptors (Lipinski definition) is 2. The zero-order valence-corrected chi connectivity index (χ0v) is 14.3. The van der Waals surface area contributed by atoms with Crippen LogP contribution in [0.2, 0.25) is 5.02 Å². The Morgan fingerprint density at radius 1 is 1.19 bits per heavy atom. The number of nitrogens with one attached hydrogen (secondary N) is 1. The zero-order chi connectivity index (χ0) is 15.6. The molecule has 0 radical (unpaired) electrons. The molecule has 114 valence electrons. The topological polar surface area (TPSA) is 29.9 Å². The molecule has 3 nitrogen and oxygen atoms in total. The molecule has 1 aromatic carbocycles. The second-order valence-corrected chi connectivity index (χ2v) is 6.94. The van der Waals surface area contributed by atoms with Gasteiger partial charge in [-0.2, -0.15) is 5.10 Å². The predicted molar refractivity (Wildman–Crippen MR) is 88.8 cm³/mol. The first kappa shape index (κ1) is 16.1. The van der Waals surface area contributed by atoms with Crippen molar-refractivity contribution in [2.45, 2.75) is 53.2 Å². The van der Waals surface area contributed by atoms with Gasteiger partial charge in [0.25, 0.3) is 0 Å². The van der Waals surface area contributed by atoms with E-state index in [1.807, 2.05) is 18.5 Å². The monoisotopic (exact) mass is 305 g/mol. The Labute approximate surface area is 132 Å². The molecule has 2 rings (SSSR count). The minimum Gasteiger partial charge on any atom is -0.308 e. The van der Waals surface area contributed by atoms with Crippen LogP contribution in [0.15, 0.2) is 24.3 Å². The summed E-state index contributed by atoms with van der Waals surface area (Å²) in [6.45, 7) is 12.1.